The highest BCUT2D eigenvalue weighted by Gasteiger charge is 2.34. The van der Waals surface area contributed by atoms with Gasteiger partial charge in [0.1, 0.15) is 12.4 Å². The van der Waals surface area contributed by atoms with E-state index >= 15 is 0 Å². The van der Waals surface area contributed by atoms with Crippen LogP contribution in [0.25, 0.3) is 0 Å². The van der Waals surface area contributed by atoms with Gasteiger partial charge in [0.2, 0.25) is 0 Å². The number of hydrogen-bond acceptors (Lipinski definition) is 4. The van der Waals surface area contributed by atoms with Crippen molar-refractivity contribution in [2.24, 2.45) is 5.92 Å². The van der Waals surface area contributed by atoms with Gasteiger partial charge in [-0.25, -0.2) is 0 Å². The average Bonchev–Trinajstić information content (AvgIpc) is 3.08. The third kappa shape index (κ3) is 4.71. The van der Waals surface area contributed by atoms with E-state index in [1.807, 2.05) is 0 Å². The summed E-state index contributed by atoms with van der Waals surface area (Å²) in [6.45, 7) is 8.75. The molecule has 2 fully saturated rings. The van der Waals surface area contributed by atoms with E-state index in [2.05, 4.69) is 48.7 Å². The second-order valence-corrected chi connectivity index (χ2v) is 7.36. The van der Waals surface area contributed by atoms with E-state index in [4.69, 9.17) is 9.47 Å². The lowest BCUT2D eigenvalue weighted by molar-refractivity contribution is 0.0523. The highest BCUT2D eigenvalue weighted by Crippen LogP contribution is 2.29. The number of benzene rings is 1. The summed E-state index contributed by atoms with van der Waals surface area (Å²) in [6, 6.07) is 9.59. The minimum Gasteiger partial charge on any atom is -0.492 e. The lowest BCUT2D eigenvalue weighted by atomic mass is 9.94. The molecule has 4 heteroatoms. The maximum absolute atomic E-state index is 5.88. The van der Waals surface area contributed by atoms with Crippen LogP contribution < -0.4 is 15.4 Å². The summed E-state index contributed by atoms with van der Waals surface area (Å²) in [5.74, 6) is 2.22. The fourth-order valence-electron chi connectivity index (χ4n) is 3.95. The van der Waals surface area contributed by atoms with Crippen LogP contribution in [0.3, 0.4) is 0 Å². The third-order valence-electron chi connectivity index (χ3n) is 5.36. The number of hydrogen-bond donors (Lipinski definition) is 2. The fourth-order valence-corrected chi connectivity index (χ4v) is 3.95. The van der Waals surface area contributed by atoms with Crippen LogP contribution in [0.4, 0.5) is 0 Å². The molecule has 3 unspecified atom stereocenters. The van der Waals surface area contributed by atoms with E-state index in [1.165, 1.54) is 24.8 Å². The van der Waals surface area contributed by atoms with Gasteiger partial charge in [-0.2, -0.15) is 0 Å². The summed E-state index contributed by atoms with van der Waals surface area (Å²) >= 11 is 0. The predicted octanol–water partition coefficient (Wildman–Crippen LogP) is 2.94. The maximum atomic E-state index is 5.88. The predicted molar refractivity (Wildman–Crippen MR) is 97.8 cm³/mol. The molecule has 2 aliphatic rings. The summed E-state index contributed by atoms with van der Waals surface area (Å²) in [4.78, 5) is 0. The molecule has 1 heterocycles. The Labute approximate surface area is 146 Å². The van der Waals surface area contributed by atoms with Crippen LogP contribution in [0, 0.1) is 5.92 Å². The number of morpholine rings is 1. The molecular formula is C20H32N2O2. The van der Waals surface area contributed by atoms with Crippen molar-refractivity contribution >= 4 is 0 Å². The Kier molecular flexibility index (Phi) is 6.52. The van der Waals surface area contributed by atoms with E-state index in [0.29, 0.717) is 23.9 Å². The zero-order chi connectivity index (χ0) is 16.8. The molecule has 0 aromatic heterocycles. The Morgan fingerprint density at radius 1 is 1.25 bits per heavy atom. The number of ether oxygens (including phenoxy) is 2. The molecule has 3 atom stereocenters. The molecule has 24 heavy (non-hydrogen) atoms. The van der Waals surface area contributed by atoms with E-state index in [1.54, 1.807) is 0 Å². The quantitative estimate of drug-likeness (QED) is 0.754. The second-order valence-electron chi connectivity index (χ2n) is 7.36. The van der Waals surface area contributed by atoms with Gasteiger partial charge in [-0.15, -0.1) is 0 Å². The van der Waals surface area contributed by atoms with E-state index in [9.17, 15) is 0 Å². The Hall–Kier alpha value is -1.10. The van der Waals surface area contributed by atoms with Crippen LogP contribution in [0.1, 0.15) is 44.6 Å². The minimum absolute atomic E-state index is 0.517. The van der Waals surface area contributed by atoms with E-state index in [0.717, 1.165) is 38.7 Å². The summed E-state index contributed by atoms with van der Waals surface area (Å²) in [5, 5.41) is 7.33. The van der Waals surface area contributed by atoms with Crippen molar-refractivity contribution < 1.29 is 9.47 Å². The molecule has 0 spiro atoms. The minimum atomic E-state index is 0.517. The standard InChI is InChI=1S/C20H32N2O2/c1-15(2)16-6-8-17(9-7-16)24-13-11-21-19-5-3-4-18(19)20-14-23-12-10-22-20/h6-9,15,18-22H,3-5,10-14H2,1-2H3. The normalized spacial score (nSPS) is 27.5. The van der Waals surface area contributed by atoms with Crippen molar-refractivity contribution in [2.75, 3.05) is 32.9 Å². The van der Waals surface area contributed by atoms with Crippen LogP contribution in [0.15, 0.2) is 24.3 Å². The molecule has 0 radical (unpaired) electrons. The molecule has 1 saturated carbocycles. The molecule has 4 nitrogen and oxygen atoms in total. The first-order valence-electron chi connectivity index (χ1n) is 9.51. The van der Waals surface area contributed by atoms with Crippen LogP contribution in [0.2, 0.25) is 0 Å². The lowest BCUT2D eigenvalue weighted by Gasteiger charge is -2.33. The maximum Gasteiger partial charge on any atom is 0.119 e. The molecule has 3 rings (SSSR count). The molecule has 1 aliphatic heterocycles. The van der Waals surface area contributed by atoms with E-state index in [-0.39, 0.29) is 0 Å². The molecule has 1 saturated heterocycles. The van der Waals surface area contributed by atoms with Gasteiger partial charge in [-0.05, 0) is 42.4 Å². The van der Waals surface area contributed by atoms with Crippen molar-refractivity contribution in [3.63, 3.8) is 0 Å². The topological polar surface area (TPSA) is 42.5 Å². The molecule has 1 aromatic carbocycles. The smallest absolute Gasteiger partial charge is 0.119 e. The van der Waals surface area contributed by atoms with Crippen molar-refractivity contribution in [1.29, 1.82) is 0 Å². The lowest BCUT2D eigenvalue weighted by Crippen LogP contribution is -2.51. The largest absolute Gasteiger partial charge is 0.492 e. The van der Waals surface area contributed by atoms with Gasteiger partial charge >= 0.3 is 0 Å². The molecule has 1 aliphatic carbocycles. The van der Waals surface area contributed by atoms with Gasteiger partial charge in [0, 0.05) is 25.2 Å². The zero-order valence-corrected chi connectivity index (χ0v) is 15.1. The second kappa shape index (κ2) is 8.84. The molecule has 0 bridgehead atoms. The van der Waals surface area contributed by atoms with Gasteiger partial charge < -0.3 is 20.1 Å². The summed E-state index contributed by atoms with van der Waals surface area (Å²) < 4.78 is 11.5. The van der Waals surface area contributed by atoms with Gasteiger partial charge in [0.05, 0.1) is 13.2 Å². The molecule has 0 amide bonds. The van der Waals surface area contributed by atoms with Crippen molar-refractivity contribution in [2.45, 2.75) is 51.1 Å². The Balaban J connectivity index is 1.39. The SMILES string of the molecule is CC(C)c1ccc(OCCNC2CCCC2C2COCCN2)cc1. The third-order valence-corrected chi connectivity index (χ3v) is 5.36. The monoisotopic (exact) mass is 332 g/mol. The van der Waals surface area contributed by atoms with Crippen molar-refractivity contribution in [3.05, 3.63) is 29.8 Å². The molecule has 134 valence electrons. The Morgan fingerprint density at radius 2 is 2.08 bits per heavy atom. The highest BCUT2D eigenvalue weighted by molar-refractivity contribution is 5.28. The fraction of sp³-hybridized carbons (Fsp3) is 0.700. The van der Waals surface area contributed by atoms with Crippen LogP contribution in [-0.4, -0.2) is 45.0 Å². The van der Waals surface area contributed by atoms with Crippen LogP contribution >= 0.6 is 0 Å². The van der Waals surface area contributed by atoms with Gasteiger partial charge in [0.15, 0.2) is 0 Å². The average molecular weight is 332 g/mol. The van der Waals surface area contributed by atoms with E-state index < -0.39 is 0 Å². The first-order chi connectivity index (χ1) is 11.7. The van der Waals surface area contributed by atoms with Gasteiger partial charge in [0.25, 0.3) is 0 Å². The summed E-state index contributed by atoms with van der Waals surface area (Å²) in [6.07, 6.45) is 3.89. The summed E-state index contributed by atoms with van der Waals surface area (Å²) in [7, 11) is 0. The van der Waals surface area contributed by atoms with Crippen molar-refractivity contribution in [3.8, 4) is 5.75 Å². The Morgan fingerprint density at radius 3 is 2.79 bits per heavy atom. The van der Waals surface area contributed by atoms with Crippen LogP contribution in [0.5, 0.6) is 5.75 Å². The van der Waals surface area contributed by atoms with Gasteiger partial charge in [-0.1, -0.05) is 32.4 Å². The van der Waals surface area contributed by atoms with Crippen LogP contribution in [-0.2, 0) is 4.74 Å². The number of nitrogens with one attached hydrogen (secondary N) is 2. The highest BCUT2D eigenvalue weighted by atomic mass is 16.5. The summed E-state index contributed by atoms with van der Waals surface area (Å²) in [5.41, 5.74) is 1.36. The molecular weight excluding hydrogens is 300 g/mol. The zero-order valence-electron chi connectivity index (χ0n) is 15.1. The first kappa shape index (κ1) is 17.7. The first-order valence-corrected chi connectivity index (χ1v) is 9.51. The van der Waals surface area contributed by atoms with Crippen molar-refractivity contribution in [1.82, 2.24) is 10.6 Å². The molecule has 2 N–H and O–H groups in total. The molecule has 1 aromatic rings. The van der Waals surface area contributed by atoms with Gasteiger partial charge in [-0.3, -0.25) is 0 Å². The Bertz CT molecular complexity index is 483. The number of rotatable bonds is 7.